The van der Waals surface area contributed by atoms with Crippen LogP contribution in [0.1, 0.15) is 61.3 Å². The molecule has 0 heterocycles. The number of rotatable bonds is 8. The van der Waals surface area contributed by atoms with E-state index in [1.54, 1.807) is 13.8 Å². The Morgan fingerprint density at radius 3 is 2.13 bits per heavy atom. The lowest BCUT2D eigenvalue weighted by atomic mass is 10.0. The Hall–Kier alpha value is -4.35. The molecule has 5 nitrogen and oxygen atoms in total. The molecule has 0 fully saturated rings. The van der Waals surface area contributed by atoms with Gasteiger partial charge in [-0.2, -0.15) is 0 Å². The molecule has 0 amide bonds. The molecule has 192 valence electrons. The van der Waals surface area contributed by atoms with Crippen molar-refractivity contribution >= 4 is 5.97 Å². The van der Waals surface area contributed by atoms with Gasteiger partial charge in [-0.3, -0.25) is 0 Å². The van der Waals surface area contributed by atoms with Crippen LogP contribution < -0.4 is 9.47 Å². The molecule has 0 spiro atoms. The highest BCUT2D eigenvalue weighted by Gasteiger charge is 2.34. The van der Waals surface area contributed by atoms with Gasteiger partial charge in [0.2, 0.25) is 0 Å². The minimum atomic E-state index is -0.678. The molecular formula is C33H30O5. The average Bonchev–Trinajstić information content (AvgIpc) is 3.23. The predicted octanol–water partition coefficient (Wildman–Crippen LogP) is 7.86. The summed E-state index contributed by atoms with van der Waals surface area (Å²) in [4.78, 5) is 12.2. The van der Waals surface area contributed by atoms with Crippen molar-refractivity contribution in [1.29, 1.82) is 0 Å². The van der Waals surface area contributed by atoms with Crippen molar-refractivity contribution in [2.24, 2.45) is 0 Å². The van der Waals surface area contributed by atoms with Gasteiger partial charge < -0.3 is 19.3 Å². The molecular weight excluding hydrogens is 476 g/mol. The lowest BCUT2D eigenvalue weighted by Gasteiger charge is -2.23. The van der Waals surface area contributed by atoms with Gasteiger partial charge in [0.25, 0.3) is 0 Å². The number of hydrogen-bond acceptors (Lipinski definition) is 5. The third-order valence-corrected chi connectivity index (χ3v) is 6.68. The van der Waals surface area contributed by atoms with E-state index in [0.717, 1.165) is 27.8 Å². The van der Waals surface area contributed by atoms with Crippen LogP contribution in [-0.4, -0.2) is 11.1 Å². The number of carbonyl (C=O) groups excluding carboxylic acids is 1. The minimum absolute atomic E-state index is 0.341. The molecule has 5 heteroatoms. The van der Waals surface area contributed by atoms with E-state index >= 15 is 0 Å². The topological polar surface area (TPSA) is 65.0 Å². The first kappa shape index (κ1) is 25.3. The summed E-state index contributed by atoms with van der Waals surface area (Å²) in [5, 5.41) is 10.3. The number of para-hydroxylation sites is 2. The fraction of sp³-hybridized carbons (Fsp3) is 0.182. The first-order valence-corrected chi connectivity index (χ1v) is 12.6. The number of aliphatic hydroxyl groups excluding tert-OH is 1. The molecule has 4 aromatic rings. The van der Waals surface area contributed by atoms with Crippen LogP contribution in [0.15, 0.2) is 103 Å². The van der Waals surface area contributed by atoms with E-state index in [1.165, 1.54) is 0 Å². The van der Waals surface area contributed by atoms with Gasteiger partial charge in [0.1, 0.15) is 23.4 Å². The molecule has 3 unspecified atom stereocenters. The second-order valence-corrected chi connectivity index (χ2v) is 9.48. The molecule has 0 aromatic heterocycles. The molecule has 1 aliphatic rings. The predicted molar refractivity (Wildman–Crippen MR) is 147 cm³/mol. The van der Waals surface area contributed by atoms with Gasteiger partial charge in [0, 0.05) is 27.8 Å². The number of fused-ring (bicyclic) bond motifs is 3. The second-order valence-electron chi connectivity index (χ2n) is 9.48. The van der Waals surface area contributed by atoms with Crippen LogP contribution in [0, 0.1) is 0 Å². The number of hydrogen-bond donors (Lipinski definition) is 1. The maximum Gasteiger partial charge on any atom is 0.333 e. The van der Waals surface area contributed by atoms with Crippen LogP contribution in [0.2, 0.25) is 0 Å². The van der Waals surface area contributed by atoms with E-state index in [-0.39, 0.29) is 0 Å². The summed E-state index contributed by atoms with van der Waals surface area (Å²) in [6.45, 7) is 8.85. The highest BCUT2D eigenvalue weighted by atomic mass is 16.5. The van der Waals surface area contributed by atoms with Gasteiger partial charge >= 0.3 is 5.97 Å². The summed E-state index contributed by atoms with van der Waals surface area (Å²) in [7, 11) is 0. The third-order valence-electron chi connectivity index (χ3n) is 6.68. The molecule has 38 heavy (non-hydrogen) atoms. The van der Waals surface area contributed by atoms with E-state index in [4.69, 9.17) is 14.2 Å². The third kappa shape index (κ3) is 4.81. The SMILES string of the molecule is C=C(C)C(=O)OC(C)c1ccccc1OC1c2ccccc2-c2cccc(Oc3ccccc3C(C)O)c21. The summed E-state index contributed by atoms with van der Waals surface area (Å²) in [6, 6.07) is 29.1. The van der Waals surface area contributed by atoms with Crippen molar-refractivity contribution in [3.05, 3.63) is 125 Å². The standard InChI is InChI=1S/C33H30O5/c1-20(2)33(35)36-22(4)24-13-8-10-18-29(24)38-32-27-15-6-5-14-25(27)26-16-11-19-30(31(26)32)37-28-17-9-7-12-23(28)21(3)34/h5-19,21-22,32,34H,1H2,2-4H3. The van der Waals surface area contributed by atoms with Crippen molar-refractivity contribution in [3.63, 3.8) is 0 Å². The Balaban J connectivity index is 1.57. The second kappa shape index (κ2) is 10.6. The van der Waals surface area contributed by atoms with Crippen molar-refractivity contribution in [3.8, 4) is 28.4 Å². The molecule has 0 saturated carbocycles. The van der Waals surface area contributed by atoms with Crippen LogP contribution in [0.5, 0.6) is 17.2 Å². The van der Waals surface area contributed by atoms with Gasteiger partial charge in [0.15, 0.2) is 6.10 Å². The van der Waals surface area contributed by atoms with Crippen molar-refractivity contribution in [2.75, 3.05) is 0 Å². The first-order valence-electron chi connectivity index (χ1n) is 12.6. The first-order chi connectivity index (χ1) is 18.3. The molecule has 0 bridgehead atoms. The Kier molecular flexibility index (Phi) is 7.03. The van der Waals surface area contributed by atoms with Crippen LogP contribution in [0.3, 0.4) is 0 Å². The highest BCUT2D eigenvalue weighted by Crippen LogP contribution is 2.51. The molecule has 0 aliphatic heterocycles. The molecule has 4 aromatic carbocycles. The van der Waals surface area contributed by atoms with E-state index < -0.39 is 24.3 Å². The normalized spacial score (nSPS) is 15.1. The van der Waals surface area contributed by atoms with Gasteiger partial charge in [-0.15, -0.1) is 0 Å². The van der Waals surface area contributed by atoms with E-state index in [0.29, 0.717) is 28.4 Å². The smallest absolute Gasteiger partial charge is 0.333 e. The van der Waals surface area contributed by atoms with E-state index in [1.807, 2.05) is 79.7 Å². The van der Waals surface area contributed by atoms with Crippen molar-refractivity contribution in [2.45, 2.75) is 39.1 Å². The van der Waals surface area contributed by atoms with Crippen molar-refractivity contribution < 1.29 is 24.1 Å². The molecule has 0 radical (unpaired) electrons. The zero-order chi connectivity index (χ0) is 26.8. The van der Waals surface area contributed by atoms with E-state index in [2.05, 4.69) is 24.8 Å². The van der Waals surface area contributed by atoms with Gasteiger partial charge in [-0.25, -0.2) is 4.79 Å². The average molecular weight is 507 g/mol. The highest BCUT2D eigenvalue weighted by molar-refractivity contribution is 5.87. The quantitative estimate of drug-likeness (QED) is 0.195. The monoisotopic (exact) mass is 506 g/mol. The Morgan fingerprint density at radius 2 is 1.39 bits per heavy atom. The van der Waals surface area contributed by atoms with Crippen LogP contribution in [-0.2, 0) is 9.53 Å². The minimum Gasteiger partial charge on any atom is -0.480 e. The number of benzene rings is 4. The summed E-state index contributed by atoms with van der Waals surface area (Å²) in [5.41, 5.74) is 5.81. The van der Waals surface area contributed by atoms with Gasteiger partial charge in [-0.05, 0) is 50.1 Å². The summed E-state index contributed by atoms with van der Waals surface area (Å²) < 4.78 is 18.8. The number of aliphatic hydroxyl groups is 1. The molecule has 1 aliphatic carbocycles. The lowest BCUT2D eigenvalue weighted by molar-refractivity contribution is -0.143. The number of esters is 1. The van der Waals surface area contributed by atoms with Crippen LogP contribution in [0.4, 0.5) is 0 Å². The van der Waals surface area contributed by atoms with E-state index in [9.17, 15) is 9.90 Å². The maximum absolute atomic E-state index is 12.2. The van der Waals surface area contributed by atoms with Gasteiger partial charge in [0.05, 0.1) is 6.10 Å². The molecule has 5 rings (SSSR count). The Bertz CT molecular complexity index is 1500. The molecule has 0 saturated heterocycles. The van der Waals surface area contributed by atoms with Crippen molar-refractivity contribution in [1.82, 2.24) is 0 Å². The summed E-state index contributed by atoms with van der Waals surface area (Å²) >= 11 is 0. The lowest BCUT2D eigenvalue weighted by Crippen LogP contribution is -2.13. The maximum atomic E-state index is 12.2. The fourth-order valence-electron chi connectivity index (χ4n) is 4.80. The molecule has 3 atom stereocenters. The number of carbonyl (C=O) groups is 1. The summed E-state index contributed by atoms with van der Waals surface area (Å²) in [5.74, 6) is 1.40. The van der Waals surface area contributed by atoms with Gasteiger partial charge in [-0.1, -0.05) is 79.4 Å². The Morgan fingerprint density at radius 1 is 0.789 bits per heavy atom. The fourth-order valence-corrected chi connectivity index (χ4v) is 4.80. The summed E-state index contributed by atoms with van der Waals surface area (Å²) in [6.07, 6.45) is -1.67. The largest absolute Gasteiger partial charge is 0.480 e. The Labute approximate surface area is 222 Å². The van der Waals surface area contributed by atoms with Crippen LogP contribution >= 0.6 is 0 Å². The number of ether oxygens (including phenoxy) is 3. The zero-order valence-corrected chi connectivity index (χ0v) is 21.7. The zero-order valence-electron chi connectivity index (χ0n) is 21.7. The molecule has 1 N–H and O–H groups in total. The van der Waals surface area contributed by atoms with Crippen LogP contribution in [0.25, 0.3) is 11.1 Å².